The van der Waals surface area contributed by atoms with Crippen LogP contribution in [-0.4, -0.2) is 81.3 Å². The molecule has 55 heavy (non-hydrogen) atoms. The maximum absolute atomic E-state index is 14.3. The van der Waals surface area contributed by atoms with E-state index in [1.165, 1.54) is 0 Å². The number of hydrogen-bond donors (Lipinski definition) is 4. The average molecular weight is 743 g/mol. The molecular weight excluding hydrogens is 689 g/mol. The lowest BCUT2D eigenvalue weighted by atomic mass is 9.87. The third-order valence-corrected chi connectivity index (χ3v) is 11.0. The summed E-state index contributed by atoms with van der Waals surface area (Å²) in [4.78, 5) is 33.0. The first-order valence-corrected chi connectivity index (χ1v) is 19.6. The van der Waals surface area contributed by atoms with Gasteiger partial charge in [-0.25, -0.2) is 0 Å². The number of benzene rings is 4. The summed E-state index contributed by atoms with van der Waals surface area (Å²) in [7, 11) is 0. The third-order valence-electron chi connectivity index (χ3n) is 11.0. The van der Waals surface area contributed by atoms with E-state index in [4.69, 9.17) is 4.42 Å². The van der Waals surface area contributed by atoms with Crippen LogP contribution in [0.5, 0.6) is 0 Å². The van der Waals surface area contributed by atoms with Crippen LogP contribution < -0.4 is 10.6 Å². The molecule has 5 aromatic rings. The molecule has 9 nitrogen and oxygen atoms in total. The molecule has 288 valence electrons. The fourth-order valence-corrected chi connectivity index (χ4v) is 8.39. The largest absolute Gasteiger partial charge is 0.460 e. The van der Waals surface area contributed by atoms with Crippen molar-refractivity contribution in [3.8, 4) is 0 Å². The van der Waals surface area contributed by atoms with Gasteiger partial charge < -0.3 is 25.3 Å². The highest BCUT2D eigenvalue weighted by atomic mass is 16.3. The molecule has 1 aromatic heterocycles. The summed E-state index contributed by atoms with van der Waals surface area (Å²) in [6.07, 6.45) is -0.105. The summed E-state index contributed by atoms with van der Waals surface area (Å²) >= 11 is 0. The minimum Gasteiger partial charge on any atom is -0.460 e. The van der Waals surface area contributed by atoms with E-state index in [0.29, 0.717) is 45.4 Å². The molecule has 1 saturated heterocycles. The lowest BCUT2D eigenvalue weighted by Crippen LogP contribution is -2.65. The quantitative estimate of drug-likeness (QED) is 0.120. The van der Waals surface area contributed by atoms with E-state index in [0.717, 1.165) is 39.0 Å². The second-order valence-electron chi connectivity index (χ2n) is 16.4. The van der Waals surface area contributed by atoms with Gasteiger partial charge in [0.05, 0.1) is 24.8 Å². The van der Waals surface area contributed by atoms with Crippen molar-refractivity contribution in [2.45, 2.75) is 88.9 Å². The summed E-state index contributed by atoms with van der Waals surface area (Å²) in [6, 6.07) is 36.2. The number of aliphatic hydroxyl groups excluding tert-OH is 2. The minimum absolute atomic E-state index is 0.0977. The van der Waals surface area contributed by atoms with Crippen LogP contribution in [0.1, 0.15) is 61.2 Å². The van der Waals surface area contributed by atoms with Crippen molar-refractivity contribution in [3.05, 3.63) is 143 Å². The molecule has 2 heterocycles. The van der Waals surface area contributed by atoms with Crippen LogP contribution in [0.4, 0.5) is 0 Å². The van der Waals surface area contributed by atoms with Gasteiger partial charge in [-0.15, -0.1) is 0 Å². The molecule has 6 atom stereocenters. The predicted octanol–water partition coefficient (Wildman–Crippen LogP) is 5.83. The molecule has 1 unspecified atom stereocenters. The van der Waals surface area contributed by atoms with Gasteiger partial charge in [0.2, 0.25) is 11.8 Å². The van der Waals surface area contributed by atoms with Crippen molar-refractivity contribution in [2.24, 2.45) is 5.92 Å². The number of furan rings is 1. The van der Waals surface area contributed by atoms with Crippen LogP contribution in [0.3, 0.4) is 0 Å². The summed E-state index contributed by atoms with van der Waals surface area (Å²) in [6.45, 7) is 8.15. The summed E-state index contributed by atoms with van der Waals surface area (Å²) < 4.78 is 6.18. The smallest absolute Gasteiger partial charge is 0.239 e. The highest BCUT2D eigenvalue weighted by Crippen LogP contribution is 2.33. The Labute approximate surface area is 324 Å². The van der Waals surface area contributed by atoms with E-state index >= 15 is 0 Å². The van der Waals surface area contributed by atoms with Crippen LogP contribution in [0.25, 0.3) is 11.0 Å². The van der Waals surface area contributed by atoms with Crippen LogP contribution in [0.15, 0.2) is 120 Å². The SMILES string of the molecule is CC(C)(C)NC(=O)[C@@H]1CN(Cc2cc3ccccc3o2)CCN1[C@@H](Cc1ccccc1)[C@@H](O)C[C@@H](Cc1ccccc1)C(=O)NC1c2ccccc2C[C@H]1O. The van der Waals surface area contributed by atoms with Crippen molar-refractivity contribution < 1.29 is 24.2 Å². The van der Waals surface area contributed by atoms with E-state index in [1.54, 1.807) is 0 Å². The van der Waals surface area contributed by atoms with Crippen molar-refractivity contribution in [1.29, 1.82) is 0 Å². The molecule has 0 saturated carbocycles. The lowest BCUT2D eigenvalue weighted by Gasteiger charge is -2.46. The van der Waals surface area contributed by atoms with Gasteiger partial charge in [-0.2, -0.15) is 0 Å². The molecule has 7 rings (SSSR count). The Morgan fingerprint density at radius 3 is 2.22 bits per heavy atom. The Morgan fingerprint density at radius 1 is 0.855 bits per heavy atom. The maximum Gasteiger partial charge on any atom is 0.239 e. The molecule has 1 aliphatic heterocycles. The predicted molar refractivity (Wildman–Crippen MR) is 215 cm³/mol. The Morgan fingerprint density at radius 2 is 1.51 bits per heavy atom. The number of aliphatic hydroxyl groups is 2. The first-order valence-electron chi connectivity index (χ1n) is 19.6. The lowest BCUT2D eigenvalue weighted by molar-refractivity contribution is -0.135. The topological polar surface area (TPSA) is 118 Å². The number of carbonyl (C=O) groups excluding carboxylic acids is 2. The molecule has 4 N–H and O–H groups in total. The second-order valence-corrected chi connectivity index (χ2v) is 16.4. The number of para-hydroxylation sites is 1. The summed E-state index contributed by atoms with van der Waals surface area (Å²) in [5, 5.41) is 31.0. The van der Waals surface area contributed by atoms with Crippen LogP contribution in [0, 0.1) is 5.92 Å². The number of carbonyl (C=O) groups is 2. The zero-order valence-electron chi connectivity index (χ0n) is 32.1. The Bertz CT molecular complexity index is 2010. The van der Waals surface area contributed by atoms with Crippen LogP contribution in [-0.2, 0) is 35.4 Å². The Hall–Kier alpha value is -4.80. The monoisotopic (exact) mass is 742 g/mol. The van der Waals surface area contributed by atoms with E-state index in [-0.39, 0.29) is 18.2 Å². The van der Waals surface area contributed by atoms with E-state index in [1.807, 2.05) is 118 Å². The van der Waals surface area contributed by atoms with Gasteiger partial charge in [0.25, 0.3) is 0 Å². The molecule has 9 heteroatoms. The van der Waals surface area contributed by atoms with Crippen LogP contribution >= 0.6 is 0 Å². The first kappa shape index (κ1) is 38.5. The highest BCUT2D eigenvalue weighted by molar-refractivity contribution is 5.83. The highest BCUT2D eigenvalue weighted by Gasteiger charge is 2.42. The average Bonchev–Trinajstić information content (AvgIpc) is 3.72. The zero-order chi connectivity index (χ0) is 38.5. The molecule has 1 fully saturated rings. The van der Waals surface area contributed by atoms with Gasteiger partial charge in [0.1, 0.15) is 17.4 Å². The number of fused-ring (bicyclic) bond motifs is 2. The number of piperazine rings is 1. The minimum atomic E-state index is -0.952. The van der Waals surface area contributed by atoms with Crippen LogP contribution in [0.2, 0.25) is 0 Å². The van der Waals surface area contributed by atoms with Gasteiger partial charge in [-0.1, -0.05) is 103 Å². The molecule has 0 bridgehead atoms. The number of hydrogen-bond acceptors (Lipinski definition) is 7. The fraction of sp³-hybridized carbons (Fsp3) is 0.391. The molecule has 0 spiro atoms. The van der Waals surface area contributed by atoms with Gasteiger partial charge in [0, 0.05) is 48.9 Å². The van der Waals surface area contributed by atoms with Gasteiger partial charge in [-0.3, -0.25) is 19.4 Å². The Kier molecular flexibility index (Phi) is 11.8. The van der Waals surface area contributed by atoms with Crippen molar-refractivity contribution in [3.63, 3.8) is 0 Å². The molecule has 1 aliphatic carbocycles. The van der Waals surface area contributed by atoms with Gasteiger partial charge in [-0.05, 0) is 74.4 Å². The van der Waals surface area contributed by atoms with E-state index in [2.05, 4.69) is 38.6 Å². The van der Waals surface area contributed by atoms with Gasteiger partial charge in [0.15, 0.2) is 0 Å². The molecule has 4 aromatic carbocycles. The number of nitrogens with zero attached hydrogens (tertiary/aromatic N) is 2. The number of amides is 2. The fourth-order valence-electron chi connectivity index (χ4n) is 8.39. The van der Waals surface area contributed by atoms with E-state index < -0.39 is 41.8 Å². The molecule has 0 radical (unpaired) electrons. The second kappa shape index (κ2) is 16.9. The van der Waals surface area contributed by atoms with Crippen molar-refractivity contribution in [1.82, 2.24) is 20.4 Å². The number of nitrogens with one attached hydrogen (secondary N) is 2. The third kappa shape index (κ3) is 9.54. The molecule has 2 amide bonds. The summed E-state index contributed by atoms with van der Waals surface area (Å²) in [5.41, 5.74) is 4.37. The zero-order valence-corrected chi connectivity index (χ0v) is 32.1. The molecular formula is C46H54N4O5. The van der Waals surface area contributed by atoms with E-state index in [9.17, 15) is 19.8 Å². The normalized spacial score (nSPS) is 20.8. The summed E-state index contributed by atoms with van der Waals surface area (Å²) in [5.74, 6) is -0.0542. The standard InChI is InChI=1S/C46H54N4O5/c1-46(2,3)48-45(54)39-30-49(29-36-26-34-19-11-13-21-42(34)55-36)22-23-50(39)38(25-32-16-8-5-9-17-32)40(51)28-35(24-31-14-6-4-7-15-31)44(53)47-43-37-20-12-10-18-33(37)27-41(43)52/h4-21,26,35,38-41,43,51-52H,22-25,27-30H2,1-3H3,(H,47,53)(H,48,54)/t35-,38+,39+,40+,41-,43?/m1/s1. The Balaban J connectivity index is 1.17. The van der Waals surface area contributed by atoms with Crippen molar-refractivity contribution >= 4 is 22.8 Å². The first-order chi connectivity index (χ1) is 26.5. The van der Waals surface area contributed by atoms with Crippen molar-refractivity contribution in [2.75, 3.05) is 19.6 Å². The number of rotatable bonds is 13. The maximum atomic E-state index is 14.3. The molecule has 2 aliphatic rings. The van der Waals surface area contributed by atoms with Gasteiger partial charge >= 0.3 is 0 Å².